The van der Waals surface area contributed by atoms with Crippen LogP contribution in [0.5, 0.6) is 0 Å². The summed E-state index contributed by atoms with van der Waals surface area (Å²) >= 11 is 5.56. The first-order valence-corrected chi connectivity index (χ1v) is 6.34. The van der Waals surface area contributed by atoms with Crippen LogP contribution in [0.4, 0.5) is 0 Å². The zero-order valence-corrected chi connectivity index (χ0v) is 10.7. The molecule has 0 spiro atoms. The van der Waals surface area contributed by atoms with Crippen molar-refractivity contribution in [3.05, 3.63) is 35.4 Å². The molecule has 1 aliphatic rings. The minimum absolute atomic E-state index is 0.182. The Labute approximate surface area is 111 Å². The van der Waals surface area contributed by atoms with E-state index in [1.54, 1.807) is 12.1 Å². The van der Waals surface area contributed by atoms with Crippen molar-refractivity contribution in [2.24, 2.45) is 0 Å². The molecule has 0 aliphatic carbocycles. The predicted octanol–water partition coefficient (Wildman–Crippen LogP) is 1.75. The quantitative estimate of drug-likeness (QED) is 0.818. The van der Waals surface area contributed by atoms with Crippen LogP contribution in [0.25, 0.3) is 0 Å². The summed E-state index contributed by atoms with van der Waals surface area (Å²) in [6.45, 7) is 3.07. The van der Waals surface area contributed by atoms with E-state index in [1.807, 2.05) is 12.1 Å². The molecule has 18 heavy (non-hydrogen) atoms. The van der Waals surface area contributed by atoms with Gasteiger partial charge in [0.1, 0.15) is 0 Å². The second kappa shape index (κ2) is 5.26. The molecule has 1 aromatic carbocycles. The fourth-order valence-corrected chi connectivity index (χ4v) is 2.28. The van der Waals surface area contributed by atoms with Crippen molar-refractivity contribution in [2.45, 2.75) is 24.4 Å². The van der Waals surface area contributed by atoms with E-state index in [9.17, 15) is 9.90 Å². The smallest absolute Gasteiger partial charge is 0.356 e. The first-order valence-electron chi connectivity index (χ1n) is 5.96. The zero-order valence-electron chi connectivity index (χ0n) is 9.97. The van der Waals surface area contributed by atoms with Gasteiger partial charge in [0.25, 0.3) is 5.06 Å². The number of alkyl halides is 1. The predicted molar refractivity (Wildman–Crippen MR) is 68.3 cm³/mol. The summed E-state index contributed by atoms with van der Waals surface area (Å²) in [5.74, 6) is -1.46. The average molecular weight is 270 g/mol. The van der Waals surface area contributed by atoms with Crippen LogP contribution in [0.15, 0.2) is 24.3 Å². The van der Waals surface area contributed by atoms with E-state index < -0.39 is 11.0 Å². The van der Waals surface area contributed by atoms with Crippen molar-refractivity contribution in [3.8, 4) is 0 Å². The largest absolute Gasteiger partial charge is 0.478 e. The summed E-state index contributed by atoms with van der Waals surface area (Å²) in [6.07, 6.45) is 2.47. The Balaban J connectivity index is 2.07. The van der Waals surface area contributed by atoms with Gasteiger partial charge in [0.2, 0.25) is 0 Å². The number of hydrogen-bond acceptors (Lipinski definition) is 3. The molecular weight excluding hydrogens is 254 g/mol. The molecule has 1 aromatic rings. The maximum atomic E-state index is 10.8. The molecule has 1 heterocycles. The van der Waals surface area contributed by atoms with Crippen molar-refractivity contribution in [1.29, 1.82) is 0 Å². The fraction of sp³-hybridized carbons (Fsp3) is 0.462. The number of carboxylic acids is 1. The topological polar surface area (TPSA) is 60.8 Å². The van der Waals surface area contributed by atoms with Crippen LogP contribution in [-0.4, -0.2) is 34.2 Å². The van der Waals surface area contributed by atoms with E-state index in [2.05, 4.69) is 4.90 Å². The Bertz CT molecular complexity index is 424. The highest BCUT2D eigenvalue weighted by molar-refractivity contribution is 6.32. The number of halogens is 1. The van der Waals surface area contributed by atoms with Gasteiger partial charge < -0.3 is 10.2 Å². The molecule has 1 atom stereocenters. The Morgan fingerprint density at radius 3 is 2.33 bits per heavy atom. The highest BCUT2D eigenvalue weighted by Crippen LogP contribution is 2.26. The molecule has 0 bridgehead atoms. The van der Waals surface area contributed by atoms with Crippen molar-refractivity contribution < 1.29 is 15.0 Å². The van der Waals surface area contributed by atoms with Gasteiger partial charge in [0.05, 0.1) is 0 Å². The zero-order chi connectivity index (χ0) is 13.2. The lowest BCUT2D eigenvalue weighted by Crippen LogP contribution is -2.29. The first kappa shape index (κ1) is 13.3. The summed E-state index contributed by atoms with van der Waals surface area (Å²) in [6, 6.07) is 6.74. The van der Waals surface area contributed by atoms with Gasteiger partial charge in [-0.1, -0.05) is 35.9 Å². The van der Waals surface area contributed by atoms with Crippen LogP contribution in [0, 0.1) is 0 Å². The molecule has 2 rings (SSSR count). The van der Waals surface area contributed by atoms with Crippen LogP contribution < -0.4 is 0 Å². The molecular formula is C13H16ClNO3. The molecule has 2 N–H and O–H groups in total. The number of aliphatic hydroxyl groups is 1. The lowest BCUT2D eigenvalue weighted by Gasteiger charge is -2.18. The van der Waals surface area contributed by atoms with E-state index >= 15 is 0 Å². The summed E-state index contributed by atoms with van der Waals surface area (Å²) < 4.78 is 0. The van der Waals surface area contributed by atoms with Gasteiger partial charge >= 0.3 is 5.97 Å². The van der Waals surface area contributed by atoms with Gasteiger partial charge in [-0.25, -0.2) is 4.79 Å². The van der Waals surface area contributed by atoms with E-state index in [0.29, 0.717) is 0 Å². The van der Waals surface area contributed by atoms with Crippen molar-refractivity contribution in [3.63, 3.8) is 0 Å². The van der Waals surface area contributed by atoms with Gasteiger partial charge in [0.15, 0.2) is 0 Å². The molecule has 5 heteroatoms. The van der Waals surface area contributed by atoms with Crippen LogP contribution >= 0.6 is 11.6 Å². The number of carbonyl (C=O) groups is 1. The number of nitrogens with zero attached hydrogens (tertiary/aromatic N) is 1. The molecule has 0 aromatic heterocycles. The van der Waals surface area contributed by atoms with Crippen LogP contribution in [0.3, 0.4) is 0 Å². The number of rotatable bonds is 4. The van der Waals surface area contributed by atoms with E-state index in [-0.39, 0.29) is 5.56 Å². The van der Waals surface area contributed by atoms with Gasteiger partial charge in [0, 0.05) is 12.1 Å². The minimum Gasteiger partial charge on any atom is -0.478 e. The minimum atomic E-state index is -2.34. The van der Waals surface area contributed by atoms with Crippen LogP contribution in [-0.2, 0) is 16.4 Å². The molecule has 0 amide bonds. The second-order valence-electron chi connectivity index (χ2n) is 4.61. The number of hydrogen-bond donors (Lipinski definition) is 2. The third kappa shape index (κ3) is 2.83. The van der Waals surface area contributed by atoms with Gasteiger partial charge in [-0.3, -0.25) is 4.90 Å². The maximum absolute atomic E-state index is 10.8. The second-order valence-corrected chi connectivity index (χ2v) is 5.15. The van der Waals surface area contributed by atoms with Crippen LogP contribution in [0.1, 0.15) is 24.0 Å². The van der Waals surface area contributed by atoms with Crippen molar-refractivity contribution >= 4 is 17.6 Å². The number of likely N-dealkylation sites (tertiary alicyclic amines) is 1. The van der Waals surface area contributed by atoms with E-state index in [4.69, 9.17) is 16.7 Å². The third-order valence-corrected chi connectivity index (χ3v) is 3.60. The first-order chi connectivity index (χ1) is 8.50. The van der Waals surface area contributed by atoms with E-state index in [0.717, 1.165) is 25.2 Å². The average Bonchev–Trinajstić information content (AvgIpc) is 2.82. The molecule has 98 valence electrons. The lowest BCUT2D eigenvalue weighted by molar-refractivity contribution is -0.150. The summed E-state index contributed by atoms with van der Waals surface area (Å²) in [5.41, 5.74) is 1.28. The highest BCUT2D eigenvalue weighted by atomic mass is 35.5. The molecule has 1 saturated heterocycles. The van der Waals surface area contributed by atoms with Gasteiger partial charge in [-0.15, -0.1) is 0 Å². The van der Waals surface area contributed by atoms with Gasteiger partial charge in [-0.05, 0) is 31.5 Å². The molecule has 0 radical (unpaired) electrons. The number of carboxylic acid groups (broad SMARTS) is 1. The summed E-state index contributed by atoms with van der Waals surface area (Å²) in [7, 11) is 0. The Hall–Kier alpha value is -1.10. The van der Waals surface area contributed by atoms with Crippen molar-refractivity contribution in [2.75, 3.05) is 13.1 Å². The molecule has 0 saturated carbocycles. The summed E-state index contributed by atoms with van der Waals surface area (Å²) in [4.78, 5) is 13.1. The lowest BCUT2D eigenvalue weighted by atomic mass is 10.1. The van der Waals surface area contributed by atoms with E-state index in [1.165, 1.54) is 12.8 Å². The molecule has 1 fully saturated rings. The Kier molecular flexibility index (Phi) is 3.90. The fourth-order valence-electron chi connectivity index (χ4n) is 2.15. The number of aliphatic carboxylic acids is 1. The van der Waals surface area contributed by atoms with Crippen LogP contribution in [0.2, 0.25) is 0 Å². The normalized spacial score (nSPS) is 19.7. The van der Waals surface area contributed by atoms with Crippen molar-refractivity contribution in [1.82, 2.24) is 4.90 Å². The highest BCUT2D eigenvalue weighted by Gasteiger charge is 2.35. The van der Waals surface area contributed by atoms with Gasteiger partial charge in [-0.2, -0.15) is 0 Å². The Morgan fingerprint density at radius 1 is 1.28 bits per heavy atom. The molecule has 1 aliphatic heterocycles. The standard InChI is InChI=1S/C13H16ClNO3/c14-13(18,12(16)17)11-5-3-10(4-6-11)9-15-7-1-2-8-15/h3-6,18H,1-2,7-9H2,(H,16,17). The molecule has 4 nitrogen and oxygen atoms in total. The summed E-state index contributed by atoms with van der Waals surface area (Å²) in [5, 5.41) is 16.1. The SMILES string of the molecule is O=C(O)C(O)(Cl)c1ccc(CN2CCCC2)cc1. The number of benzene rings is 1. The molecule has 1 unspecified atom stereocenters. The monoisotopic (exact) mass is 269 g/mol. The Morgan fingerprint density at radius 2 is 1.83 bits per heavy atom. The maximum Gasteiger partial charge on any atom is 0.356 e. The third-order valence-electron chi connectivity index (χ3n) is 3.22.